The Morgan fingerprint density at radius 2 is 2.26 bits per heavy atom. The van der Waals surface area contributed by atoms with Gasteiger partial charge in [-0.2, -0.15) is 0 Å². The third kappa shape index (κ3) is 4.81. The maximum atomic E-state index is 6.17. The topological polar surface area (TPSA) is 45.6 Å². The molecule has 0 bridgehead atoms. The number of hydrogen-bond acceptors (Lipinski definition) is 4. The molecule has 0 radical (unpaired) electrons. The summed E-state index contributed by atoms with van der Waals surface area (Å²) in [5.41, 5.74) is 0.991. The number of methoxy groups -OCH3 is 1. The molecule has 1 aromatic carbocycles. The first-order valence-electron chi connectivity index (χ1n) is 6.10. The Balaban J connectivity index is 0.00000180. The number of nitrogens with zero attached hydrogens (tertiary/aromatic N) is 1. The summed E-state index contributed by atoms with van der Waals surface area (Å²) >= 11 is 6.17. The third-order valence-electron chi connectivity index (χ3n) is 2.89. The molecule has 1 aliphatic heterocycles. The number of ether oxygens (including phenoxy) is 1. The van der Waals surface area contributed by atoms with E-state index in [-0.39, 0.29) is 30.1 Å². The smallest absolute Gasteiger partial charge is 0.191 e. The molecule has 1 aliphatic rings. The molecule has 4 nitrogen and oxygen atoms in total. The standard InChI is InChI=1S/C13H18ClN3O.HI/c1-18-12(10-5-2-3-6-11(10)14)9-17-13-15-7-4-8-16-13;/h2-3,5-6,12H,4,7-9H2,1H3,(H2,15,16,17);1H. The summed E-state index contributed by atoms with van der Waals surface area (Å²) in [7, 11) is 1.69. The van der Waals surface area contributed by atoms with Crippen LogP contribution in [-0.2, 0) is 4.74 Å². The summed E-state index contributed by atoms with van der Waals surface area (Å²) in [5.74, 6) is 0.843. The van der Waals surface area contributed by atoms with Crippen LogP contribution in [0.4, 0.5) is 0 Å². The predicted molar refractivity (Wildman–Crippen MR) is 89.5 cm³/mol. The van der Waals surface area contributed by atoms with Crippen LogP contribution in [-0.4, -0.2) is 32.7 Å². The van der Waals surface area contributed by atoms with Gasteiger partial charge < -0.3 is 15.4 Å². The van der Waals surface area contributed by atoms with Gasteiger partial charge in [0.25, 0.3) is 0 Å². The van der Waals surface area contributed by atoms with Crippen molar-refractivity contribution in [3.63, 3.8) is 0 Å². The van der Waals surface area contributed by atoms with Crippen molar-refractivity contribution >= 4 is 41.5 Å². The summed E-state index contributed by atoms with van der Waals surface area (Å²) in [6.45, 7) is 2.49. The Morgan fingerprint density at radius 1 is 1.47 bits per heavy atom. The second-order valence-electron chi connectivity index (χ2n) is 4.14. The van der Waals surface area contributed by atoms with Gasteiger partial charge in [-0.15, -0.1) is 24.0 Å². The number of aliphatic imine (C=N–C) groups is 1. The third-order valence-corrected chi connectivity index (χ3v) is 3.23. The predicted octanol–water partition coefficient (Wildman–Crippen LogP) is 2.58. The minimum Gasteiger partial charge on any atom is -0.375 e. The fourth-order valence-corrected chi connectivity index (χ4v) is 2.15. The Labute approximate surface area is 136 Å². The molecule has 6 heteroatoms. The van der Waals surface area contributed by atoms with Crippen molar-refractivity contribution in [2.45, 2.75) is 12.5 Å². The maximum absolute atomic E-state index is 6.17. The van der Waals surface area contributed by atoms with Gasteiger partial charge in [0.15, 0.2) is 5.96 Å². The highest BCUT2D eigenvalue weighted by Crippen LogP contribution is 2.24. The minimum atomic E-state index is -0.0786. The quantitative estimate of drug-likeness (QED) is 0.770. The lowest BCUT2D eigenvalue weighted by Crippen LogP contribution is -2.42. The largest absolute Gasteiger partial charge is 0.375 e. The van der Waals surface area contributed by atoms with Crippen molar-refractivity contribution in [2.75, 3.05) is 26.7 Å². The second kappa shape index (κ2) is 8.60. The van der Waals surface area contributed by atoms with Crippen LogP contribution in [0.5, 0.6) is 0 Å². The van der Waals surface area contributed by atoms with Crippen molar-refractivity contribution in [3.8, 4) is 0 Å². The van der Waals surface area contributed by atoms with E-state index < -0.39 is 0 Å². The summed E-state index contributed by atoms with van der Waals surface area (Å²) in [6, 6.07) is 7.73. The van der Waals surface area contributed by atoms with E-state index in [2.05, 4.69) is 15.6 Å². The van der Waals surface area contributed by atoms with Gasteiger partial charge in [-0.1, -0.05) is 29.8 Å². The number of benzene rings is 1. The molecular formula is C13H19ClIN3O. The van der Waals surface area contributed by atoms with Gasteiger partial charge in [-0.3, -0.25) is 4.99 Å². The molecule has 1 atom stereocenters. The Hall–Kier alpha value is -0.530. The molecule has 0 spiro atoms. The van der Waals surface area contributed by atoms with Gasteiger partial charge in [-0.05, 0) is 12.5 Å². The summed E-state index contributed by atoms with van der Waals surface area (Å²) in [5, 5.41) is 7.20. The molecule has 19 heavy (non-hydrogen) atoms. The van der Waals surface area contributed by atoms with Crippen LogP contribution in [0.3, 0.4) is 0 Å². The summed E-state index contributed by atoms with van der Waals surface area (Å²) in [6.07, 6.45) is 1.01. The number of nitrogens with one attached hydrogen (secondary N) is 2. The Morgan fingerprint density at radius 3 is 2.89 bits per heavy atom. The van der Waals surface area contributed by atoms with Gasteiger partial charge in [0, 0.05) is 37.3 Å². The van der Waals surface area contributed by atoms with Crippen LogP contribution in [0.15, 0.2) is 29.3 Å². The van der Waals surface area contributed by atoms with Gasteiger partial charge in [0.1, 0.15) is 6.10 Å². The van der Waals surface area contributed by atoms with Crippen LogP contribution in [0.1, 0.15) is 18.1 Å². The normalized spacial score (nSPS) is 15.8. The lowest BCUT2D eigenvalue weighted by Gasteiger charge is -2.21. The highest BCUT2D eigenvalue weighted by Gasteiger charge is 2.14. The van der Waals surface area contributed by atoms with Crippen LogP contribution in [0, 0.1) is 0 Å². The van der Waals surface area contributed by atoms with E-state index in [0.717, 1.165) is 36.1 Å². The molecule has 0 amide bonds. The fourth-order valence-electron chi connectivity index (χ4n) is 1.90. The van der Waals surface area contributed by atoms with E-state index >= 15 is 0 Å². The van der Waals surface area contributed by atoms with Gasteiger partial charge in [-0.25, -0.2) is 0 Å². The molecule has 0 aromatic heterocycles. The fraction of sp³-hybridized carbons (Fsp3) is 0.462. The van der Waals surface area contributed by atoms with E-state index in [0.29, 0.717) is 6.54 Å². The zero-order valence-corrected chi connectivity index (χ0v) is 13.9. The molecule has 1 heterocycles. The van der Waals surface area contributed by atoms with Gasteiger partial charge in [0.05, 0.1) is 0 Å². The first kappa shape index (κ1) is 16.5. The monoisotopic (exact) mass is 395 g/mol. The number of halogens is 2. The highest BCUT2D eigenvalue weighted by molar-refractivity contribution is 14.0. The lowest BCUT2D eigenvalue weighted by molar-refractivity contribution is 0.106. The minimum absolute atomic E-state index is 0. The van der Waals surface area contributed by atoms with Crippen LogP contribution in [0.25, 0.3) is 0 Å². The number of rotatable bonds is 4. The molecule has 1 unspecified atom stereocenters. The zero-order valence-electron chi connectivity index (χ0n) is 10.9. The van der Waals surface area contributed by atoms with Crippen molar-refractivity contribution in [2.24, 2.45) is 4.99 Å². The molecule has 0 aliphatic carbocycles. The van der Waals surface area contributed by atoms with Crippen molar-refractivity contribution in [1.29, 1.82) is 0 Å². The molecule has 106 valence electrons. The van der Waals surface area contributed by atoms with E-state index in [1.165, 1.54) is 0 Å². The van der Waals surface area contributed by atoms with Crippen LogP contribution in [0.2, 0.25) is 5.02 Å². The highest BCUT2D eigenvalue weighted by atomic mass is 127. The Kier molecular flexibility index (Phi) is 7.48. The SMILES string of the molecule is COC(CNC1=NCCCN1)c1ccccc1Cl.I. The van der Waals surface area contributed by atoms with Crippen molar-refractivity contribution < 1.29 is 4.74 Å². The van der Waals surface area contributed by atoms with E-state index in [1.807, 2.05) is 24.3 Å². The first-order chi connectivity index (χ1) is 8.81. The van der Waals surface area contributed by atoms with Gasteiger partial charge in [0.2, 0.25) is 0 Å². The molecule has 0 saturated carbocycles. The van der Waals surface area contributed by atoms with Crippen molar-refractivity contribution in [3.05, 3.63) is 34.9 Å². The lowest BCUT2D eigenvalue weighted by atomic mass is 10.1. The number of hydrogen-bond donors (Lipinski definition) is 2. The molecule has 0 fully saturated rings. The average Bonchev–Trinajstić information content (AvgIpc) is 2.42. The summed E-state index contributed by atoms with van der Waals surface area (Å²) in [4.78, 5) is 4.36. The van der Waals surface area contributed by atoms with Crippen molar-refractivity contribution in [1.82, 2.24) is 10.6 Å². The molecule has 1 aromatic rings. The number of guanidine groups is 1. The van der Waals surface area contributed by atoms with Crippen LogP contribution < -0.4 is 10.6 Å². The van der Waals surface area contributed by atoms with E-state index in [4.69, 9.17) is 16.3 Å². The molecule has 2 rings (SSSR count). The van der Waals surface area contributed by atoms with Gasteiger partial charge >= 0.3 is 0 Å². The average molecular weight is 396 g/mol. The first-order valence-corrected chi connectivity index (χ1v) is 6.48. The molecular weight excluding hydrogens is 377 g/mol. The second-order valence-corrected chi connectivity index (χ2v) is 4.54. The zero-order chi connectivity index (χ0) is 12.8. The van der Waals surface area contributed by atoms with E-state index in [1.54, 1.807) is 7.11 Å². The Bertz CT molecular complexity index is 428. The van der Waals surface area contributed by atoms with E-state index in [9.17, 15) is 0 Å². The molecule has 0 saturated heterocycles. The molecule has 2 N–H and O–H groups in total. The van der Waals surface area contributed by atoms with Crippen LogP contribution >= 0.6 is 35.6 Å². The summed E-state index contributed by atoms with van der Waals surface area (Å²) < 4.78 is 5.48. The maximum Gasteiger partial charge on any atom is 0.191 e.